The molecule has 35 heavy (non-hydrogen) atoms. The number of rotatable bonds is 7. The Labute approximate surface area is 204 Å². The van der Waals surface area contributed by atoms with Crippen molar-refractivity contribution in [3.05, 3.63) is 88.7 Å². The topological polar surface area (TPSA) is 102 Å². The molecule has 0 spiro atoms. The number of hydrogen-bond donors (Lipinski definition) is 1. The third-order valence-corrected chi connectivity index (χ3v) is 5.90. The molecule has 1 aliphatic rings. The van der Waals surface area contributed by atoms with Gasteiger partial charge in [-0.2, -0.15) is 0 Å². The number of anilines is 1. The Bertz CT molecular complexity index is 1450. The van der Waals surface area contributed by atoms with Crippen molar-refractivity contribution in [2.24, 2.45) is 0 Å². The molecule has 2 aromatic heterocycles. The van der Waals surface area contributed by atoms with Crippen LogP contribution in [-0.2, 0) is 4.79 Å². The molecule has 8 nitrogen and oxygen atoms in total. The monoisotopic (exact) mass is 493 g/mol. The van der Waals surface area contributed by atoms with Crippen LogP contribution in [0.2, 0.25) is 5.02 Å². The van der Waals surface area contributed by atoms with Gasteiger partial charge in [0, 0.05) is 22.2 Å². The first kappa shape index (κ1) is 22.6. The molecule has 3 heterocycles. The van der Waals surface area contributed by atoms with Crippen LogP contribution in [0.3, 0.4) is 0 Å². The third-order valence-electron chi connectivity index (χ3n) is 5.68. The fourth-order valence-corrected chi connectivity index (χ4v) is 4.39. The lowest BCUT2D eigenvalue weighted by Gasteiger charge is -2.25. The van der Waals surface area contributed by atoms with Gasteiger partial charge >= 0.3 is 0 Å². The summed E-state index contributed by atoms with van der Waals surface area (Å²) in [6.07, 6.45) is 1.43. The van der Waals surface area contributed by atoms with E-state index >= 15 is 0 Å². The number of aliphatic hydroxyl groups excluding tert-OH is 1. The first-order chi connectivity index (χ1) is 16.9. The summed E-state index contributed by atoms with van der Waals surface area (Å²) >= 11 is 6.14. The molecule has 4 aromatic rings. The van der Waals surface area contributed by atoms with Gasteiger partial charge in [-0.15, -0.1) is 0 Å². The second-order valence-electron chi connectivity index (χ2n) is 7.75. The second kappa shape index (κ2) is 8.88. The summed E-state index contributed by atoms with van der Waals surface area (Å²) in [4.78, 5) is 28.2. The number of furan rings is 2. The summed E-state index contributed by atoms with van der Waals surface area (Å²) in [5.41, 5.74) is 0.609. The molecule has 1 amide bonds. The highest BCUT2D eigenvalue weighted by atomic mass is 35.5. The minimum atomic E-state index is -1.01. The van der Waals surface area contributed by atoms with E-state index < -0.39 is 23.5 Å². The first-order valence-corrected chi connectivity index (χ1v) is 11.2. The molecule has 5 rings (SSSR count). The van der Waals surface area contributed by atoms with E-state index in [4.69, 9.17) is 29.9 Å². The van der Waals surface area contributed by atoms with Gasteiger partial charge in [0.2, 0.25) is 5.78 Å². The fourth-order valence-electron chi connectivity index (χ4n) is 4.17. The number of carbonyl (C=O) groups is 2. The number of methoxy groups -OCH3 is 1. The average Bonchev–Trinajstić information content (AvgIpc) is 3.58. The second-order valence-corrected chi connectivity index (χ2v) is 8.18. The largest absolute Gasteiger partial charge is 0.503 e. The first-order valence-electron chi connectivity index (χ1n) is 10.8. The highest BCUT2D eigenvalue weighted by Gasteiger charge is 2.46. The Kier molecular flexibility index (Phi) is 5.74. The summed E-state index contributed by atoms with van der Waals surface area (Å²) in [5.74, 6) is -0.894. The van der Waals surface area contributed by atoms with Crippen molar-refractivity contribution < 1.29 is 33.0 Å². The van der Waals surface area contributed by atoms with Crippen molar-refractivity contribution in [3.8, 4) is 11.5 Å². The summed E-state index contributed by atoms with van der Waals surface area (Å²) in [5, 5.41) is 11.8. The Hall–Kier alpha value is -4.17. The van der Waals surface area contributed by atoms with Gasteiger partial charge in [0.15, 0.2) is 22.9 Å². The zero-order valence-electron chi connectivity index (χ0n) is 18.8. The van der Waals surface area contributed by atoms with Crippen LogP contribution in [0, 0.1) is 0 Å². The molecule has 0 saturated carbocycles. The number of carbonyl (C=O) groups excluding carboxylic acids is 2. The lowest BCUT2D eigenvalue weighted by atomic mass is 9.99. The number of ether oxygens (including phenoxy) is 2. The van der Waals surface area contributed by atoms with E-state index in [2.05, 4.69) is 0 Å². The van der Waals surface area contributed by atoms with Gasteiger partial charge in [0.25, 0.3) is 5.91 Å². The smallest absolute Gasteiger partial charge is 0.294 e. The SMILES string of the molecule is CCOc1ccc(N2C(=O)C(O)=C(C(=O)c3cc4cc(Cl)cc(OC)c4o3)C2c2ccco2)cc1. The minimum Gasteiger partial charge on any atom is -0.503 e. The molecule has 1 N–H and O–H groups in total. The molecule has 0 fully saturated rings. The molecule has 2 aromatic carbocycles. The molecule has 178 valence electrons. The molecule has 1 atom stereocenters. The van der Waals surface area contributed by atoms with E-state index in [9.17, 15) is 14.7 Å². The summed E-state index contributed by atoms with van der Waals surface area (Å²) in [6, 6.07) is 13.7. The maximum absolute atomic E-state index is 13.7. The molecule has 9 heteroatoms. The van der Waals surface area contributed by atoms with Gasteiger partial charge in [0.1, 0.15) is 17.6 Å². The van der Waals surface area contributed by atoms with Crippen molar-refractivity contribution in [3.63, 3.8) is 0 Å². The van der Waals surface area contributed by atoms with Gasteiger partial charge < -0.3 is 23.4 Å². The van der Waals surface area contributed by atoms with Gasteiger partial charge in [-0.25, -0.2) is 0 Å². The van der Waals surface area contributed by atoms with E-state index in [1.807, 2.05) is 6.92 Å². The zero-order chi connectivity index (χ0) is 24.7. The molecular weight excluding hydrogens is 474 g/mol. The van der Waals surface area contributed by atoms with Crippen molar-refractivity contribution >= 4 is 39.9 Å². The predicted molar refractivity (Wildman–Crippen MR) is 128 cm³/mol. The van der Waals surface area contributed by atoms with Crippen molar-refractivity contribution in [2.75, 3.05) is 18.6 Å². The Balaban J connectivity index is 1.60. The van der Waals surface area contributed by atoms with Crippen LogP contribution < -0.4 is 14.4 Å². The van der Waals surface area contributed by atoms with E-state index in [1.165, 1.54) is 24.3 Å². The third kappa shape index (κ3) is 3.81. The Morgan fingerprint density at radius 2 is 1.94 bits per heavy atom. The van der Waals surface area contributed by atoms with Crippen LogP contribution in [0.1, 0.15) is 29.3 Å². The lowest BCUT2D eigenvalue weighted by Crippen LogP contribution is -2.30. The fraction of sp³-hybridized carbons (Fsp3) is 0.154. The minimum absolute atomic E-state index is 0.0833. The quantitative estimate of drug-likeness (QED) is 0.321. The zero-order valence-corrected chi connectivity index (χ0v) is 19.5. The summed E-state index contributed by atoms with van der Waals surface area (Å²) in [7, 11) is 1.46. The van der Waals surface area contributed by atoms with E-state index in [-0.39, 0.29) is 11.3 Å². The molecular formula is C26H20ClNO7. The number of hydrogen-bond acceptors (Lipinski definition) is 7. The van der Waals surface area contributed by atoms with Crippen LogP contribution in [0.5, 0.6) is 11.5 Å². The number of amides is 1. The van der Waals surface area contributed by atoms with E-state index in [0.29, 0.717) is 45.5 Å². The van der Waals surface area contributed by atoms with Crippen molar-refractivity contribution in [2.45, 2.75) is 13.0 Å². The average molecular weight is 494 g/mol. The number of aliphatic hydroxyl groups is 1. The van der Waals surface area contributed by atoms with E-state index in [1.54, 1.807) is 48.5 Å². The maximum Gasteiger partial charge on any atom is 0.294 e. The molecule has 1 aliphatic heterocycles. The van der Waals surface area contributed by atoms with Crippen LogP contribution in [0.15, 0.2) is 81.0 Å². The lowest BCUT2D eigenvalue weighted by molar-refractivity contribution is -0.117. The number of ketones is 1. The maximum atomic E-state index is 13.7. The highest BCUT2D eigenvalue weighted by molar-refractivity contribution is 6.31. The number of nitrogens with zero attached hydrogens (tertiary/aromatic N) is 1. The van der Waals surface area contributed by atoms with E-state index in [0.717, 1.165) is 0 Å². The molecule has 0 aliphatic carbocycles. The number of halogens is 1. The summed E-state index contributed by atoms with van der Waals surface area (Å²) in [6.45, 7) is 2.36. The molecule has 1 unspecified atom stereocenters. The van der Waals surface area contributed by atoms with Crippen LogP contribution in [0.4, 0.5) is 5.69 Å². The number of benzene rings is 2. The molecule has 0 bridgehead atoms. The van der Waals surface area contributed by atoms with Crippen molar-refractivity contribution in [1.82, 2.24) is 0 Å². The Morgan fingerprint density at radius 3 is 2.60 bits per heavy atom. The standard InChI is InChI=1S/C26H20ClNO7/c1-3-33-17-8-6-16(7-9-17)28-22(18-5-4-10-34-18)21(24(30)26(28)31)23(29)19-12-14-11-15(27)13-20(32-2)25(14)35-19/h4-13,22,30H,3H2,1-2H3. The summed E-state index contributed by atoms with van der Waals surface area (Å²) < 4.78 is 22.2. The van der Waals surface area contributed by atoms with Gasteiger partial charge in [-0.1, -0.05) is 11.6 Å². The van der Waals surface area contributed by atoms with Crippen LogP contribution in [0.25, 0.3) is 11.0 Å². The Morgan fingerprint density at radius 1 is 1.17 bits per heavy atom. The van der Waals surface area contributed by atoms with Crippen LogP contribution >= 0.6 is 11.6 Å². The highest BCUT2D eigenvalue weighted by Crippen LogP contribution is 2.43. The number of Topliss-reactive ketones (excluding diaryl/α,β-unsaturated/α-hetero) is 1. The van der Waals surface area contributed by atoms with Gasteiger partial charge in [0.05, 0.1) is 25.6 Å². The molecule has 0 radical (unpaired) electrons. The van der Waals surface area contributed by atoms with Crippen LogP contribution in [-0.4, -0.2) is 30.5 Å². The van der Waals surface area contributed by atoms with Gasteiger partial charge in [-0.3, -0.25) is 14.5 Å². The normalized spacial score (nSPS) is 15.8. The van der Waals surface area contributed by atoms with Gasteiger partial charge in [-0.05, 0) is 55.5 Å². The number of fused-ring (bicyclic) bond motifs is 1. The predicted octanol–water partition coefficient (Wildman–Crippen LogP) is 5.87. The molecule has 0 saturated heterocycles. The van der Waals surface area contributed by atoms with Crippen molar-refractivity contribution in [1.29, 1.82) is 0 Å².